The molecule has 0 radical (unpaired) electrons. The molecule has 1 saturated carbocycles. The Bertz CT molecular complexity index is 545. The van der Waals surface area contributed by atoms with Crippen LogP contribution in [0.15, 0.2) is 18.3 Å². The smallest absolute Gasteiger partial charge is 0.160 e. The summed E-state index contributed by atoms with van der Waals surface area (Å²) in [5.41, 5.74) is 7.40. The lowest BCUT2D eigenvalue weighted by atomic mass is 9.80. The minimum absolute atomic E-state index is 0.448. The van der Waals surface area contributed by atoms with Crippen LogP contribution in [0.1, 0.15) is 25.6 Å². The highest BCUT2D eigenvalue weighted by Crippen LogP contribution is 2.32. The molecule has 5 nitrogen and oxygen atoms in total. The van der Waals surface area contributed by atoms with Crippen LogP contribution in [-0.2, 0) is 11.2 Å². The lowest BCUT2D eigenvalue weighted by molar-refractivity contribution is -0.0245. The number of aromatic nitrogens is 3. The van der Waals surface area contributed by atoms with Crippen LogP contribution >= 0.6 is 0 Å². The second-order valence-corrected chi connectivity index (χ2v) is 4.93. The molecule has 18 heavy (non-hydrogen) atoms. The van der Waals surface area contributed by atoms with Gasteiger partial charge in [-0.3, -0.25) is 4.40 Å². The number of ether oxygens (including phenoxy) is 1. The van der Waals surface area contributed by atoms with Gasteiger partial charge in [0.15, 0.2) is 5.65 Å². The predicted octanol–water partition coefficient (Wildman–Crippen LogP) is 1.67. The third-order valence-electron chi connectivity index (χ3n) is 3.56. The van der Waals surface area contributed by atoms with Crippen LogP contribution in [0, 0.1) is 5.92 Å². The summed E-state index contributed by atoms with van der Waals surface area (Å²) < 4.78 is 7.56. The van der Waals surface area contributed by atoms with E-state index in [4.69, 9.17) is 10.5 Å². The Labute approximate surface area is 106 Å². The summed E-state index contributed by atoms with van der Waals surface area (Å²) in [6.07, 6.45) is 5.55. The number of hydrogen-bond donors (Lipinski definition) is 1. The van der Waals surface area contributed by atoms with Crippen molar-refractivity contribution < 1.29 is 4.74 Å². The van der Waals surface area contributed by atoms with Gasteiger partial charge in [-0.05, 0) is 37.8 Å². The number of nitrogens with zero attached hydrogens (tertiary/aromatic N) is 3. The van der Waals surface area contributed by atoms with E-state index in [2.05, 4.69) is 10.2 Å². The van der Waals surface area contributed by atoms with Gasteiger partial charge >= 0.3 is 0 Å². The Morgan fingerprint density at radius 3 is 3.00 bits per heavy atom. The molecular formula is C13H18N4O. The van der Waals surface area contributed by atoms with Crippen LogP contribution in [0.4, 0.5) is 5.69 Å². The zero-order valence-corrected chi connectivity index (χ0v) is 10.5. The van der Waals surface area contributed by atoms with Crippen LogP contribution in [0.3, 0.4) is 0 Å². The van der Waals surface area contributed by atoms with E-state index in [-0.39, 0.29) is 0 Å². The number of anilines is 1. The van der Waals surface area contributed by atoms with Gasteiger partial charge in [-0.25, -0.2) is 0 Å². The van der Waals surface area contributed by atoms with Gasteiger partial charge in [-0.1, -0.05) is 0 Å². The van der Waals surface area contributed by atoms with E-state index in [0.29, 0.717) is 12.0 Å². The van der Waals surface area contributed by atoms with Gasteiger partial charge in [0.1, 0.15) is 5.82 Å². The molecule has 3 rings (SSSR count). The predicted molar refractivity (Wildman–Crippen MR) is 69.2 cm³/mol. The molecule has 2 heterocycles. The Kier molecular flexibility index (Phi) is 2.91. The fourth-order valence-corrected chi connectivity index (χ4v) is 2.57. The van der Waals surface area contributed by atoms with Crippen molar-refractivity contribution in [2.75, 3.05) is 12.3 Å². The topological polar surface area (TPSA) is 65.4 Å². The van der Waals surface area contributed by atoms with E-state index >= 15 is 0 Å². The molecule has 2 N–H and O–H groups in total. The Balaban J connectivity index is 1.70. The first-order valence-corrected chi connectivity index (χ1v) is 6.47. The summed E-state index contributed by atoms with van der Waals surface area (Å²) in [5, 5.41) is 8.40. The van der Waals surface area contributed by atoms with Gasteiger partial charge in [-0.15, -0.1) is 10.2 Å². The molecule has 0 aromatic carbocycles. The van der Waals surface area contributed by atoms with Crippen molar-refractivity contribution in [3.05, 3.63) is 24.2 Å². The summed E-state index contributed by atoms with van der Waals surface area (Å²) in [7, 11) is 0. The third-order valence-corrected chi connectivity index (χ3v) is 3.56. The van der Waals surface area contributed by atoms with Crippen LogP contribution in [0.5, 0.6) is 0 Å². The lowest BCUT2D eigenvalue weighted by Gasteiger charge is -2.34. The van der Waals surface area contributed by atoms with E-state index in [1.165, 1.54) is 0 Å². The second-order valence-electron chi connectivity index (χ2n) is 4.93. The van der Waals surface area contributed by atoms with Crippen molar-refractivity contribution >= 4 is 11.3 Å². The van der Waals surface area contributed by atoms with Crippen molar-refractivity contribution in [1.29, 1.82) is 0 Å². The first-order valence-electron chi connectivity index (χ1n) is 6.47. The fraction of sp³-hybridized carbons (Fsp3) is 0.538. The van der Waals surface area contributed by atoms with Gasteiger partial charge in [0.05, 0.1) is 6.10 Å². The second kappa shape index (κ2) is 4.57. The highest BCUT2D eigenvalue weighted by Gasteiger charge is 2.30. The molecule has 1 aliphatic carbocycles. The lowest BCUT2D eigenvalue weighted by Crippen LogP contribution is -2.33. The summed E-state index contributed by atoms with van der Waals surface area (Å²) in [4.78, 5) is 0. The number of rotatable bonds is 4. The minimum Gasteiger partial charge on any atom is -0.398 e. The summed E-state index contributed by atoms with van der Waals surface area (Å²) >= 11 is 0. The van der Waals surface area contributed by atoms with Gasteiger partial charge in [0.25, 0.3) is 0 Å². The van der Waals surface area contributed by atoms with Gasteiger partial charge in [0, 0.05) is 24.9 Å². The van der Waals surface area contributed by atoms with Gasteiger partial charge in [-0.2, -0.15) is 0 Å². The third kappa shape index (κ3) is 2.06. The van der Waals surface area contributed by atoms with Crippen LogP contribution in [0.25, 0.3) is 5.65 Å². The zero-order chi connectivity index (χ0) is 12.5. The highest BCUT2D eigenvalue weighted by molar-refractivity contribution is 5.47. The molecule has 0 spiro atoms. The number of fused-ring (bicyclic) bond motifs is 1. The molecule has 0 aliphatic heterocycles. The number of nitrogen functional groups attached to an aromatic ring is 1. The van der Waals surface area contributed by atoms with Gasteiger partial charge < -0.3 is 10.5 Å². The zero-order valence-electron chi connectivity index (χ0n) is 10.5. The highest BCUT2D eigenvalue weighted by atomic mass is 16.5. The van der Waals surface area contributed by atoms with Gasteiger partial charge in [0.2, 0.25) is 0 Å². The standard InChI is InChI=1S/C13H18N4O/c1-2-18-11-5-9(6-11)7-13-16-15-12-4-3-10(14)8-17(12)13/h3-4,8-9,11H,2,5-7,14H2,1H3. The molecular weight excluding hydrogens is 228 g/mol. The first kappa shape index (κ1) is 11.5. The molecule has 0 saturated heterocycles. The normalized spacial score (nSPS) is 23.2. The maximum atomic E-state index is 5.79. The Morgan fingerprint density at radius 2 is 2.22 bits per heavy atom. The summed E-state index contributed by atoms with van der Waals surface area (Å²) in [6.45, 7) is 2.85. The molecule has 1 fully saturated rings. The molecule has 0 unspecified atom stereocenters. The average molecular weight is 246 g/mol. The first-order chi connectivity index (χ1) is 8.76. The van der Waals surface area contributed by atoms with Crippen LogP contribution in [0.2, 0.25) is 0 Å². The molecule has 0 bridgehead atoms. The minimum atomic E-state index is 0.448. The summed E-state index contributed by atoms with van der Waals surface area (Å²) in [6, 6.07) is 3.75. The van der Waals surface area contributed by atoms with E-state index in [0.717, 1.165) is 43.0 Å². The monoisotopic (exact) mass is 246 g/mol. The van der Waals surface area contributed by atoms with Crippen molar-refractivity contribution in [2.24, 2.45) is 5.92 Å². The molecule has 0 atom stereocenters. The SMILES string of the molecule is CCOC1CC(Cc2nnc3ccc(N)cn23)C1. The van der Waals surface area contributed by atoms with Crippen LogP contribution in [-0.4, -0.2) is 27.3 Å². The molecule has 96 valence electrons. The molecule has 5 heteroatoms. The molecule has 0 amide bonds. The molecule has 1 aliphatic rings. The largest absolute Gasteiger partial charge is 0.398 e. The number of pyridine rings is 1. The van der Waals surface area contributed by atoms with E-state index < -0.39 is 0 Å². The maximum absolute atomic E-state index is 5.79. The average Bonchev–Trinajstić information content (AvgIpc) is 2.69. The molecule has 2 aromatic heterocycles. The Morgan fingerprint density at radius 1 is 1.39 bits per heavy atom. The van der Waals surface area contributed by atoms with Crippen LogP contribution < -0.4 is 5.73 Å². The van der Waals surface area contributed by atoms with E-state index in [1.807, 2.05) is 29.7 Å². The molecule has 2 aromatic rings. The fourth-order valence-electron chi connectivity index (χ4n) is 2.57. The van der Waals surface area contributed by atoms with E-state index in [9.17, 15) is 0 Å². The van der Waals surface area contributed by atoms with E-state index in [1.54, 1.807) is 0 Å². The Hall–Kier alpha value is -1.62. The number of hydrogen-bond acceptors (Lipinski definition) is 4. The number of nitrogens with two attached hydrogens (primary N) is 1. The van der Waals surface area contributed by atoms with Crippen molar-refractivity contribution in [3.8, 4) is 0 Å². The summed E-state index contributed by atoms with van der Waals surface area (Å²) in [5.74, 6) is 1.66. The maximum Gasteiger partial charge on any atom is 0.160 e. The quantitative estimate of drug-likeness (QED) is 0.891. The van der Waals surface area contributed by atoms with Crippen molar-refractivity contribution in [2.45, 2.75) is 32.3 Å². The van der Waals surface area contributed by atoms with Crippen molar-refractivity contribution in [1.82, 2.24) is 14.6 Å². The van der Waals surface area contributed by atoms with Crippen molar-refractivity contribution in [3.63, 3.8) is 0 Å².